The average Bonchev–Trinajstić information content (AvgIpc) is 2.52. The number of aromatic nitrogens is 2. The summed E-state index contributed by atoms with van der Waals surface area (Å²) in [5.74, 6) is 0. The first-order valence-corrected chi connectivity index (χ1v) is 2.87. The number of nitrogens with one attached hydrogen (secondary N) is 2. The second-order valence-corrected chi connectivity index (χ2v) is 1.69. The van der Waals surface area contributed by atoms with Gasteiger partial charge in [0.25, 0.3) is 12.7 Å². The molecule has 1 aromatic rings. The van der Waals surface area contributed by atoms with Gasteiger partial charge in [-0.2, -0.15) is 0 Å². The van der Waals surface area contributed by atoms with Crippen molar-refractivity contribution in [3.63, 3.8) is 0 Å². The van der Waals surface area contributed by atoms with E-state index in [1.807, 2.05) is 0 Å². The van der Waals surface area contributed by atoms with E-state index in [4.69, 9.17) is 0 Å². The molecule has 0 aromatic carbocycles. The molecule has 1 rings (SSSR count). The van der Waals surface area contributed by atoms with Crippen LogP contribution in [0.1, 0.15) is 0 Å². The summed E-state index contributed by atoms with van der Waals surface area (Å²) in [6.07, 6.45) is 5.58. The van der Waals surface area contributed by atoms with Crippen LogP contribution < -0.4 is 15.2 Å². The third-order valence-corrected chi connectivity index (χ3v) is 1.06. The van der Waals surface area contributed by atoms with Crippen molar-refractivity contribution in [3.05, 3.63) is 18.7 Å². The summed E-state index contributed by atoms with van der Waals surface area (Å²) >= 11 is 0. The molecule has 6 heteroatoms. The van der Waals surface area contributed by atoms with Crippen molar-refractivity contribution in [2.24, 2.45) is 0 Å². The zero-order valence-electron chi connectivity index (χ0n) is 5.60. The van der Waals surface area contributed by atoms with Crippen molar-refractivity contribution < 1.29 is 14.3 Å². The molecule has 0 spiro atoms. The maximum atomic E-state index is 10.3. The smallest absolute Gasteiger partial charge is 0.269 e. The van der Waals surface area contributed by atoms with Crippen LogP contribution >= 0.6 is 0 Å². The minimum atomic E-state index is 0.411. The molecule has 11 heavy (non-hydrogen) atoms. The molecule has 1 heterocycles. The molecule has 0 saturated carbocycles. The van der Waals surface area contributed by atoms with Crippen LogP contribution in [-0.2, 0) is 9.59 Å². The summed E-state index contributed by atoms with van der Waals surface area (Å²) in [6.45, 7) is 0. The van der Waals surface area contributed by atoms with E-state index in [1.54, 1.807) is 12.4 Å². The summed E-state index contributed by atoms with van der Waals surface area (Å²) in [4.78, 5) is 22.9. The molecule has 0 unspecified atom stereocenters. The second kappa shape index (κ2) is 3.35. The van der Waals surface area contributed by atoms with E-state index < -0.39 is 0 Å². The van der Waals surface area contributed by atoms with Crippen molar-refractivity contribution in [1.82, 2.24) is 10.4 Å². The summed E-state index contributed by atoms with van der Waals surface area (Å²) < 4.78 is 1.38. The second-order valence-electron chi connectivity index (χ2n) is 1.69. The SMILES string of the molecule is O=CNN(C=O)[n+]1cc[nH]c1. The molecule has 0 aliphatic heterocycles. The fraction of sp³-hybridized carbons (Fsp3) is 0. The van der Waals surface area contributed by atoms with Crippen molar-refractivity contribution in [2.45, 2.75) is 0 Å². The van der Waals surface area contributed by atoms with Crippen LogP contribution in [0.5, 0.6) is 0 Å². The lowest BCUT2D eigenvalue weighted by Crippen LogP contribution is -2.62. The van der Waals surface area contributed by atoms with Crippen LogP contribution in [-0.4, -0.2) is 17.8 Å². The van der Waals surface area contributed by atoms with Crippen LogP contribution in [0.25, 0.3) is 0 Å². The molecular weight excluding hydrogens is 148 g/mol. The van der Waals surface area contributed by atoms with Crippen molar-refractivity contribution >= 4 is 12.8 Å². The number of H-pyrrole nitrogens is 1. The van der Waals surface area contributed by atoms with Gasteiger partial charge in [-0.3, -0.25) is 9.59 Å². The van der Waals surface area contributed by atoms with Gasteiger partial charge in [-0.1, -0.05) is 5.12 Å². The number of amides is 2. The van der Waals surface area contributed by atoms with Gasteiger partial charge in [0.15, 0.2) is 6.20 Å². The first-order valence-electron chi connectivity index (χ1n) is 2.87. The van der Waals surface area contributed by atoms with Gasteiger partial charge in [-0.25, -0.2) is 10.4 Å². The van der Waals surface area contributed by atoms with Crippen LogP contribution in [0.3, 0.4) is 0 Å². The number of nitrogens with zero attached hydrogens (tertiary/aromatic N) is 2. The molecule has 0 aliphatic rings. The molecular formula is C5H7N4O2+. The standard InChI is InChI=1S/C5H6N4O2/c10-4-7-9(5-11)8-2-1-6-3-8/h1-5H,(H,7,10)/p+1. The summed E-state index contributed by atoms with van der Waals surface area (Å²) in [5, 5.41) is 0.976. The van der Waals surface area contributed by atoms with E-state index in [2.05, 4.69) is 10.4 Å². The van der Waals surface area contributed by atoms with Crippen LogP contribution in [0.2, 0.25) is 0 Å². The minimum Gasteiger partial charge on any atom is -0.277 e. The Balaban J connectivity index is 2.70. The van der Waals surface area contributed by atoms with Crippen LogP contribution in [0, 0.1) is 0 Å². The minimum absolute atomic E-state index is 0.411. The lowest BCUT2D eigenvalue weighted by molar-refractivity contribution is -0.685. The lowest BCUT2D eigenvalue weighted by atomic mass is 10.9. The first-order chi connectivity index (χ1) is 5.38. The third kappa shape index (κ3) is 1.54. The third-order valence-electron chi connectivity index (χ3n) is 1.06. The molecule has 6 nitrogen and oxygen atoms in total. The van der Waals surface area contributed by atoms with Gasteiger partial charge in [-0.05, 0) is 0 Å². The molecule has 2 amide bonds. The number of imidazole rings is 1. The summed E-state index contributed by atoms with van der Waals surface area (Å²) in [7, 11) is 0. The van der Waals surface area contributed by atoms with Crippen molar-refractivity contribution in [3.8, 4) is 0 Å². The highest BCUT2D eigenvalue weighted by Gasteiger charge is 2.05. The van der Waals surface area contributed by atoms with E-state index in [-0.39, 0.29) is 0 Å². The Morgan fingerprint density at radius 2 is 2.36 bits per heavy atom. The van der Waals surface area contributed by atoms with Crippen LogP contribution in [0.4, 0.5) is 0 Å². The number of hydrogen-bond acceptors (Lipinski definition) is 2. The Morgan fingerprint density at radius 1 is 1.55 bits per heavy atom. The van der Waals surface area contributed by atoms with Gasteiger partial charge in [-0.15, -0.1) is 4.68 Å². The fourth-order valence-electron chi connectivity index (χ4n) is 0.621. The number of carbonyl (C=O) groups is 2. The Labute approximate surface area is 62.4 Å². The van der Waals surface area contributed by atoms with Gasteiger partial charge < -0.3 is 0 Å². The summed E-state index contributed by atoms with van der Waals surface area (Å²) in [5.41, 5.74) is 2.16. The molecule has 2 N–H and O–H groups in total. The van der Waals surface area contributed by atoms with E-state index in [9.17, 15) is 9.59 Å². The van der Waals surface area contributed by atoms with Gasteiger partial charge >= 0.3 is 0 Å². The number of rotatable bonds is 4. The number of hydrogen-bond donors (Lipinski definition) is 2. The molecule has 0 fully saturated rings. The number of hydrazine groups is 1. The number of aromatic amines is 1. The number of carbonyl (C=O) groups excluding carboxylic acids is 2. The normalized spacial score (nSPS) is 8.73. The zero-order chi connectivity index (χ0) is 8.10. The molecule has 0 saturated heterocycles. The van der Waals surface area contributed by atoms with E-state index in [1.165, 1.54) is 11.0 Å². The quantitative estimate of drug-likeness (QED) is 0.301. The maximum absolute atomic E-state index is 10.3. The predicted molar refractivity (Wildman–Crippen MR) is 34.5 cm³/mol. The Hall–Kier alpha value is -1.85. The van der Waals surface area contributed by atoms with Crippen LogP contribution in [0.15, 0.2) is 18.7 Å². The first kappa shape index (κ1) is 7.26. The molecule has 58 valence electrons. The monoisotopic (exact) mass is 155 g/mol. The Kier molecular flexibility index (Phi) is 2.21. The topological polar surface area (TPSA) is 69.1 Å². The van der Waals surface area contributed by atoms with E-state index >= 15 is 0 Å². The molecule has 1 aromatic heterocycles. The van der Waals surface area contributed by atoms with Gasteiger partial charge in [0.2, 0.25) is 6.41 Å². The lowest BCUT2D eigenvalue weighted by Gasteiger charge is -2.07. The van der Waals surface area contributed by atoms with Crippen molar-refractivity contribution in [1.29, 1.82) is 0 Å². The maximum Gasteiger partial charge on any atom is 0.269 e. The van der Waals surface area contributed by atoms with Gasteiger partial charge in [0.1, 0.15) is 6.20 Å². The van der Waals surface area contributed by atoms with Gasteiger partial charge in [0.05, 0.1) is 0 Å². The average molecular weight is 155 g/mol. The highest BCUT2D eigenvalue weighted by atomic mass is 16.2. The Morgan fingerprint density at radius 3 is 2.82 bits per heavy atom. The largest absolute Gasteiger partial charge is 0.277 e. The fourth-order valence-corrected chi connectivity index (χ4v) is 0.621. The highest BCUT2D eigenvalue weighted by Crippen LogP contribution is 1.67. The molecule has 0 radical (unpaired) electrons. The molecule has 0 bridgehead atoms. The molecule has 0 aliphatic carbocycles. The summed E-state index contributed by atoms with van der Waals surface area (Å²) in [6, 6.07) is 0. The predicted octanol–water partition coefficient (Wildman–Crippen LogP) is -1.94. The van der Waals surface area contributed by atoms with E-state index in [0.717, 1.165) is 5.12 Å². The molecule has 0 atom stereocenters. The highest BCUT2D eigenvalue weighted by molar-refractivity contribution is 5.62. The van der Waals surface area contributed by atoms with Gasteiger partial charge in [0, 0.05) is 0 Å². The zero-order valence-corrected chi connectivity index (χ0v) is 5.60. The van der Waals surface area contributed by atoms with Crippen molar-refractivity contribution in [2.75, 3.05) is 5.12 Å². The Bertz CT molecular complexity index is 233. The van der Waals surface area contributed by atoms with E-state index in [0.29, 0.717) is 12.8 Å².